The first-order valence-electron chi connectivity index (χ1n) is 8.90. The Morgan fingerprint density at radius 3 is 2.57 bits per heavy atom. The van der Waals surface area contributed by atoms with Crippen LogP contribution < -0.4 is 10.2 Å². The number of rotatable bonds is 6. The molecule has 4 nitrogen and oxygen atoms in total. The van der Waals surface area contributed by atoms with Crippen molar-refractivity contribution in [1.29, 1.82) is 0 Å². The largest absolute Gasteiger partial charge is 0.488 e. The second-order valence-electron chi connectivity index (χ2n) is 6.47. The molecule has 5 heteroatoms. The second-order valence-corrected chi connectivity index (χ2v) is 6.91. The molecule has 0 aliphatic heterocycles. The van der Waals surface area contributed by atoms with Gasteiger partial charge >= 0.3 is 0 Å². The number of amides is 1. The minimum atomic E-state index is -0.265. The highest BCUT2D eigenvalue weighted by molar-refractivity contribution is 6.30. The number of hydrogen-bond donors (Lipinski definition) is 1. The summed E-state index contributed by atoms with van der Waals surface area (Å²) >= 11 is 6.10. The third kappa shape index (κ3) is 5.21. The van der Waals surface area contributed by atoms with Crippen molar-refractivity contribution in [2.24, 2.45) is 5.10 Å². The molecular formula is C23H21ClN2O2. The summed E-state index contributed by atoms with van der Waals surface area (Å²) in [5.74, 6) is 0.373. The Morgan fingerprint density at radius 1 is 1.07 bits per heavy atom. The summed E-state index contributed by atoms with van der Waals surface area (Å²) in [7, 11) is 0. The second kappa shape index (κ2) is 9.20. The van der Waals surface area contributed by atoms with E-state index in [4.69, 9.17) is 16.3 Å². The monoisotopic (exact) mass is 392 g/mol. The lowest BCUT2D eigenvalue weighted by atomic mass is 10.1. The van der Waals surface area contributed by atoms with E-state index in [1.807, 2.05) is 56.3 Å². The fourth-order valence-corrected chi connectivity index (χ4v) is 2.83. The van der Waals surface area contributed by atoms with Crippen LogP contribution in [0.1, 0.15) is 32.6 Å². The molecule has 0 saturated carbocycles. The molecule has 142 valence electrons. The van der Waals surface area contributed by atoms with E-state index in [0.29, 0.717) is 28.5 Å². The first-order valence-corrected chi connectivity index (χ1v) is 9.27. The molecule has 0 spiro atoms. The van der Waals surface area contributed by atoms with Gasteiger partial charge in [-0.2, -0.15) is 5.10 Å². The third-order valence-corrected chi connectivity index (χ3v) is 4.48. The number of benzene rings is 3. The predicted molar refractivity (Wildman–Crippen MR) is 113 cm³/mol. The molecule has 0 aromatic heterocycles. The maximum atomic E-state index is 12.3. The van der Waals surface area contributed by atoms with Gasteiger partial charge in [-0.3, -0.25) is 4.79 Å². The molecule has 0 saturated heterocycles. The number of nitrogens with zero attached hydrogens (tertiary/aromatic N) is 1. The van der Waals surface area contributed by atoms with Crippen molar-refractivity contribution < 1.29 is 9.53 Å². The molecule has 0 aliphatic rings. The highest BCUT2D eigenvalue weighted by Crippen LogP contribution is 2.22. The highest BCUT2D eigenvalue weighted by Gasteiger charge is 2.07. The molecule has 3 rings (SSSR count). The van der Waals surface area contributed by atoms with Gasteiger partial charge in [0.05, 0.1) is 6.21 Å². The molecule has 0 radical (unpaired) electrons. The zero-order valence-electron chi connectivity index (χ0n) is 15.8. The summed E-state index contributed by atoms with van der Waals surface area (Å²) in [5, 5.41) is 4.63. The van der Waals surface area contributed by atoms with E-state index in [-0.39, 0.29) is 5.91 Å². The summed E-state index contributed by atoms with van der Waals surface area (Å²) in [5.41, 5.74) is 6.97. The van der Waals surface area contributed by atoms with Crippen molar-refractivity contribution in [2.45, 2.75) is 20.5 Å². The van der Waals surface area contributed by atoms with Gasteiger partial charge in [-0.15, -0.1) is 0 Å². The average molecular weight is 393 g/mol. The zero-order chi connectivity index (χ0) is 19.9. The number of ether oxygens (including phenoxy) is 1. The number of hydrazone groups is 1. The first-order chi connectivity index (χ1) is 13.5. The predicted octanol–water partition coefficient (Wildman–Crippen LogP) is 5.30. The van der Waals surface area contributed by atoms with Crippen LogP contribution in [0.5, 0.6) is 5.75 Å². The van der Waals surface area contributed by atoms with Crippen LogP contribution in [0.25, 0.3) is 0 Å². The van der Waals surface area contributed by atoms with E-state index < -0.39 is 0 Å². The van der Waals surface area contributed by atoms with Gasteiger partial charge in [0, 0.05) is 16.1 Å². The maximum Gasteiger partial charge on any atom is 0.271 e. The van der Waals surface area contributed by atoms with Crippen LogP contribution >= 0.6 is 11.6 Å². The molecule has 0 atom stereocenters. The van der Waals surface area contributed by atoms with Crippen molar-refractivity contribution >= 4 is 23.7 Å². The standard InChI is InChI=1S/C23H21ClN2O2/c1-16-7-9-18(10-8-16)15-28-22-12-11-20(24)13-19(22)14-25-26-23(27)21-6-4-3-5-17(21)2/h3-14H,15H2,1-2H3,(H,26,27)/b25-14+. The summed E-state index contributed by atoms with van der Waals surface area (Å²) in [6, 6.07) is 20.8. The van der Waals surface area contributed by atoms with Gasteiger partial charge in [0.1, 0.15) is 12.4 Å². The smallest absolute Gasteiger partial charge is 0.271 e. The van der Waals surface area contributed by atoms with Gasteiger partial charge in [0.2, 0.25) is 0 Å². The summed E-state index contributed by atoms with van der Waals surface area (Å²) in [6.45, 7) is 4.36. The number of hydrogen-bond acceptors (Lipinski definition) is 3. The van der Waals surface area contributed by atoms with Gasteiger partial charge in [-0.1, -0.05) is 59.6 Å². The van der Waals surface area contributed by atoms with E-state index in [0.717, 1.165) is 11.1 Å². The van der Waals surface area contributed by atoms with E-state index in [2.05, 4.69) is 10.5 Å². The molecule has 1 amide bonds. The molecule has 0 bridgehead atoms. The lowest BCUT2D eigenvalue weighted by Crippen LogP contribution is -2.18. The van der Waals surface area contributed by atoms with Crippen LogP contribution in [0, 0.1) is 13.8 Å². The van der Waals surface area contributed by atoms with E-state index >= 15 is 0 Å². The van der Waals surface area contributed by atoms with Crippen molar-refractivity contribution in [2.75, 3.05) is 0 Å². The molecular weight excluding hydrogens is 372 g/mol. The van der Waals surface area contributed by atoms with Crippen LogP contribution in [-0.2, 0) is 6.61 Å². The van der Waals surface area contributed by atoms with Crippen LogP contribution in [0.3, 0.4) is 0 Å². The quantitative estimate of drug-likeness (QED) is 0.457. The average Bonchev–Trinajstić information content (AvgIpc) is 2.69. The van der Waals surface area contributed by atoms with Gasteiger partial charge in [-0.05, 0) is 49.2 Å². The number of halogens is 1. The first kappa shape index (κ1) is 19.6. The normalized spacial score (nSPS) is 10.8. The van der Waals surface area contributed by atoms with Gasteiger partial charge in [-0.25, -0.2) is 5.43 Å². The summed E-state index contributed by atoms with van der Waals surface area (Å²) < 4.78 is 5.92. The van der Waals surface area contributed by atoms with Crippen molar-refractivity contribution in [3.63, 3.8) is 0 Å². The summed E-state index contributed by atoms with van der Waals surface area (Å²) in [6.07, 6.45) is 1.53. The molecule has 1 N–H and O–H groups in total. The molecule has 3 aromatic carbocycles. The number of carbonyl (C=O) groups excluding carboxylic acids is 1. The number of carbonyl (C=O) groups is 1. The molecule has 28 heavy (non-hydrogen) atoms. The van der Waals surface area contributed by atoms with Gasteiger partial charge < -0.3 is 4.74 Å². The molecule has 0 heterocycles. The lowest BCUT2D eigenvalue weighted by molar-refractivity contribution is 0.0954. The Labute approximate surface area is 169 Å². The topological polar surface area (TPSA) is 50.7 Å². The fraction of sp³-hybridized carbons (Fsp3) is 0.130. The molecule has 0 unspecified atom stereocenters. The van der Waals surface area contributed by atoms with E-state index in [1.165, 1.54) is 11.8 Å². The van der Waals surface area contributed by atoms with Crippen LogP contribution in [0.2, 0.25) is 5.02 Å². The SMILES string of the molecule is Cc1ccc(COc2ccc(Cl)cc2/C=N/NC(=O)c2ccccc2C)cc1. The van der Waals surface area contributed by atoms with Gasteiger partial charge in [0.15, 0.2) is 0 Å². The highest BCUT2D eigenvalue weighted by atomic mass is 35.5. The van der Waals surface area contributed by atoms with E-state index in [9.17, 15) is 4.79 Å². The minimum absolute atomic E-state index is 0.265. The van der Waals surface area contributed by atoms with E-state index in [1.54, 1.807) is 24.3 Å². The Hall–Kier alpha value is -3.11. The Morgan fingerprint density at radius 2 is 1.82 bits per heavy atom. The molecule has 3 aromatic rings. The van der Waals surface area contributed by atoms with Crippen LogP contribution in [-0.4, -0.2) is 12.1 Å². The van der Waals surface area contributed by atoms with Crippen molar-refractivity contribution in [3.8, 4) is 5.75 Å². The Balaban J connectivity index is 1.69. The van der Waals surface area contributed by atoms with Crippen LogP contribution in [0.4, 0.5) is 0 Å². The lowest BCUT2D eigenvalue weighted by Gasteiger charge is -2.10. The Bertz CT molecular complexity index is 998. The number of aryl methyl sites for hydroxylation is 2. The van der Waals surface area contributed by atoms with Crippen molar-refractivity contribution in [1.82, 2.24) is 5.43 Å². The Kier molecular flexibility index (Phi) is 6.45. The molecule has 0 aliphatic carbocycles. The minimum Gasteiger partial charge on any atom is -0.488 e. The maximum absolute atomic E-state index is 12.3. The van der Waals surface area contributed by atoms with Gasteiger partial charge in [0.25, 0.3) is 5.91 Å². The van der Waals surface area contributed by atoms with Crippen LogP contribution in [0.15, 0.2) is 71.8 Å². The molecule has 0 fully saturated rings. The summed E-state index contributed by atoms with van der Waals surface area (Å²) in [4.78, 5) is 12.3. The zero-order valence-corrected chi connectivity index (χ0v) is 16.5. The number of nitrogens with one attached hydrogen (secondary N) is 1. The fourth-order valence-electron chi connectivity index (χ4n) is 2.65. The van der Waals surface area contributed by atoms with Crippen molar-refractivity contribution in [3.05, 3.63) is 99.6 Å². The third-order valence-electron chi connectivity index (χ3n) is 4.25.